The number of rotatable bonds is 3. The molecule has 0 saturated heterocycles. The largest absolute Gasteiger partial charge is 0.309 e. The van der Waals surface area contributed by atoms with Crippen LogP contribution in [0.5, 0.6) is 0 Å². The van der Waals surface area contributed by atoms with Gasteiger partial charge in [0.05, 0.1) is 17.4 Å². The van der Waals surface area contributed by atoms with Crippen LogP contribution in [0.15, 0.2) is 30.6 Å². The molecule has 0 fully saturated rings. The highest BCUT2D eigenvalue weighted by Gasteiger charge is 2.15. The van der Waals surface area contributed by atoms with Gasteiger partial charge in [0.25, 0.3) is 0 Å². The fourth-order valence-corrected chi connectivity index (χ4v) is 1.91. The Hall–Kier alpha value is -1.81. The average Bonchev–Trinajstić information content (AvgIpc) is 2.36. The van der Waals surface area contributed by atoms with Gasteiger partial charge in [0.2, 0.25) is 0 Å². The Morgan fingerprint density at radius 1 is 1.24 bits per heavy atom. The summed E-state index contributed by atoms with van der Waals surface area (Å²) in [7, 11) is 1.94. The maximum absolute atomic E-state index is 4.16. The van der Waals surface area contributed by atoms with E-state index in [0.29, 0.717) is 0 Å². The minimum absolute atomic E-state index is 0.109. The lowest BCUT2D eigenvalue weighted by molar-refractivity contribution is 0.673. The van der Waals surface area contributed by atoms with Gasteiger partial charge in [-0.05, 0) is 44.2 Å². The molecule has 0 radical (unpaired) electrons. The zero-order valence-electron chi connectivity index (χ0n) is 10.3. The van der Waals surface area contributed by atoms with Gasteiger partial charge >= 0.3 is 0 Å². The van der Waals surface area contributed by atoms with Crippen LogP contribution in [0.3, 0.4) is 0 Å². The predicted molar refractivity (Wildman–Crippen MR) is 66.6 cm³/mol. The highest BCUT2D eigenvalue weighted by molar-refractivity contribution is 5.32. The molecule has 2 rings (SSSR count). The van der Waals surface area contributed by atoms with E-state index >= 15 is 0 Å². The molecule has 1 unspecified atom stereocenters. The maximum Gasteiger partial charge on any atom is 0.0651 e. The summed E-state index contributed by atoms with van der Waals surface area (Å²) >= 11 is 0. The minimum Gasteiger partial charge on any atom is -0.309 e. The van der Waals surface area contributed by atoms with Crippen molar-refractivity contribution in [3.05, 3.63) is 53.1 Å². The Bertz CT molecular complexity index is 496. The van der Waals surface area contributed by atoms with Crippen molar-refractivity contribution in [2.45, 2.75) is 19.9 Å². The van der Waals surface area contributed by atoms with Gasteiger partial charge in [0, 0.05) is 12.4 Å². The molecule has 0 amide bonds. The number of pyridine rings is 1. The average molecular weight is 228 g/mol. The predicted octanol–water partition coefficient (Wildman–Crippen LogP) is 1.80. The Morgan fingerprint density at radius 2 is 2.06 bits per heavy atom. The van der Waals surface area contributed by atoms with Gasteiger partial charge in [-0.3, -0.25) is 4.98 Å². The summed E-state index contributed by atoms with van der Waals surface area (Å²) in [5, 5.41) is 11.5. The molecule has 0 bridgehead atoms. The van der Waals surface area contributed by atoms with Crippen LogP contribution in [0, 0.1) is 13.8 Å². The molecule has 0 aromatic carbocycles. The van der Waals surface area contributed by atoms with E-state index in [1.807, 2.05) is 33.2 Å². The molecule has 2 aromatic rings. The third kappa shape index (κ3) is 2.47. The first-order valence-electron chi connectivity index (χ1n) is 5.60. The van der Waals surface area contributed by atoms with Gasteiger partial charge in [0.15, 0.2) is 0 Å². The summed E-state index contributed by atoms with van der Waals surface area (Å²) in [6.07, 6.45) is 3.65. The Kier molecular flexibility index (Phi) is 3.44. The van der Waals surface area contributed by atoms with Crippen LogP contribution >= 0.6 is 0 Å². The molecule has 4 heteroatoms. The number of aryl methyl sites for hydroxylation is 2. The molecule has 0 spiro atoms. The Morgan fingerprint density at radius 3 is 2.71 bits per heavy atom. The zero-order chi connectivity index (χ0) is 12.3. The van der Waals surface area contributed by atoms with Gasteiger partial charge in [-0.15, -0.1) is 0 Å². The van der Waals surface area contributed by atoms with E-state index in [4.69, 9.17) is 0 Å². The topological polar surface area (TPSA) is 50.7 Å². The first-order valence-corrected chi connectivity index (χ1v) is 5.60. The van der Waals surface area contributed by atoms with E-state index in [2.05, 4.69) is 32.6 Å². The van der Waals surface area contributed by atoms with E-state index in [1.54, 1.807) is 6.20 Å². The summed E-state index contributed by atoms with van der Waals surface area (Å²) in [4.78, 5) is 4.16. The molecular formula is C13H16N4. The lowest BCUT2D eigenvalue weighted by atomic mass is 9.99. The van der Waals surface area contributed by atoms with Crippen molar-refractivity contribution in [1.29, 1.82) is 0 Å². The van der Waals surface area contributed by atoms with Crippen molar-refractivity contribution in [2.75, 3.05) is 7.05 Å². The van der Waals surface area contributed by atoms with E-state index in [9.17, 15) is 0 Å². The molecule has 0 aliphatic carbocycles. The number of hydrogen-bond acceptors (Lipinski definition) is 4. The molecule has 1 N–H and O–H groups in total. The normalized spacial score (nSPS) is 12.4. The molecule has 4 nitrogen and oxygen atoms in total. The maximum atomic E-state index is 4.16. The van der Waals surface area contributed by atoms with Crippen LogP contribution < -0.4 is 5.32 Å². The van der Waals surface area contributed by atoms with Crippen molar-refractivity contribution >= 4 is 0 Å². The van der Waals surface area contributed by atoms with Crippen molar-refractivity contribution < 1.29 is 0 Å². The monoisotopic (exact) mass is 228 g/mol. The second kappa shape index (κ2) is 5.01. The molecule has 2 heterocycles. The highest BCUT2D eigenvalue weighted by Crippen LogP contribution is 2.22. The van der Waals surface area contributed by atoms with E-state index in [0.717, 1.165) is 22.5 Å². The standard InChI is InChI=1S/C13H16N4/c1-9-7-12(10(2)17-16-9)13(14-3)11-5-4-6-15-8-11/h4-8,13-14H,1-3H3. The first-order chi connectivity index (χ1) is 8.22. The lowest BCUT2D eigenvalue weighted by Gasteiger charge is -2.18. The second-order valence-electron chi connectivity index (χ2n) is 4.03. The number of nitrogens with zero attached hydrogens (tertiary/aromatic N) is 3. The SMILES string of the molecule is CNC(c1cccnc1)c1cc(C)nnc1C. The third-order valence-corrected chi connectivity index (χ3v) is 2.76. The Labute approximate surface area is 101 Å². The van der Waals surface area contributed by atoms with Gasteiger partial charge in [0.1, 0.15) is 0 Å². The summed E-state index contributed by atoms with van der Waals surface area (Å²) < 4.78 is 0. The first kappa shape index (κ1) is 11.7. The summed E-state index contributed by atoms with van der Waals surface area (Å²) in [5.74, 6) is 0. The summed E-state index contributed by atoms with van der Waals surface area (Å²) in [6.45, 7) is 3.92. The van der Waals surface area contributed by atoms with Gasteiger partial charge < -0.3 is 5.32 Å². The number of nitrogens with one attached hydrogen (secondary N) is 1. The molecule has 2 aromatic heterocycles. The van der Waals surface area contributed by atoms with E-state index < -0.39 is 0 Å². The smallest absolute Gasteiger partial charge is 0.0651 e. The fourth-order valence-electron chi connectivity index (χ4n) is 1.91. The molecule has 17 heavy (non-hydrogen) atoms. The van der Waals surface area contributed by atoms with Gasteiger partial charge in [-0.2, -0.15) is 10.2 Å². The lowest BCUT2D eigenvalue weighted by Crippen LogP contribution is -2.19. The van der Waals surface area contributed by atoms with Crippen molar-refractivity contribution in [3.8, 4) is 0 Å². The second-order valence-corrected chi connectivity index (χ2v) is 4.03. The minimum atomic E-state index is 0.109. The number of aromatic nitrogens is 3. The zero-order valence-corrected chi connectivity index (χ0v) is 10.3. The van der Waals surface area contributed by atoms with Gasteiger partial charge in [-0.25, -0.2) is 0 Å². The van der Waals surface area contributed by atoms with Crippen molar-refractivity contribution in [1.82, 2.24) is 20.5 Å². The fraction of sp³-hybridized carbons (Fsp3) is 0.308. The van der Waals surface area contributed by atoms with Crippen LogP contribution in [0.25, 0.3) is 0 Å². The molecule has 88 valence electrons. The van der Waals surface area contributed by atoms with Crippen LogP contribution in [0.2, 0.25) is 0 Å². The number of hydrogen-bond donors (Lipinski definition) is 1. The van der Waals surface area contributed by atoms with E-state index in [1.165, 1.54) is 0 Å². The molecule has 0 saturated carbocycles. The molecule has 1 atom stereocenters. The summed E-state index contributed by atoms with van der Waals surface area (Å²) in [6, 6.07) is 6.17. The van der Waals surface area contributed by atoms with Crippen LogP contribution in [-0.4, -0.2) is 22.2 Å². The van der Waals surface area contributed by atoms with Crippen LogP contribution in [0.1, 0.15) is 28.6 Å². The third-order valence-electron chi connectivity index (χ3n) is 2.76. The van der Waals surface area contributed by atoms with E-state index in [-0.39, 0.29) is 6.04 Å². The van der Waals surface area contributed by atoms with Crippen molar-refractivity contribution in [3.63, 3.8) is 0 Å². The summed E-state index contributed by atoms with van der Waals surface area (Å²) in [5.41, 5.74) is 4.15. The molecule has 0 aliphatic heterocycles. The molecular weight excluding hydrogens is 212 g/mol. The molecule has 0 aliphatic rings. The Balaban J connectivity index is 2.46. The van der Waals surface area contributed by atoms with Crippen molar-refractivity contribution in [2.24, 2.45) is 0 Å². The van der Waals surface area contributed by atoms with Crippen LogP contribution in [-0.2, 0) is 0 Å². The van der Waals surface area contributed by atoms with Gasteiger partial charge in [-0.1, -0.05) is 6.07 Å². The van der Waals surface area contributed by atoms with Crippen LogP contribution in [0.4, 0.5) is 0 Å². The quantitative estimate of drug-likeness (QED) is 0.870. The highest BCUT2D eigenvalue weighted by atomic mass is 15.1.